The van der Waals surface area contributed by atoms with E-state index in [1.54, 1.807) is 18.9 Å². The predicted molar refractivity (Wildman–Crippen MR) is 81.2 cm³/mol. The van der Waals surface area contributed by atoms with Gasteiger partial charge in [-0.3, -0.25) is 14.9 Å². The van der Waals surface area contributed by atoms with Crippen molar-refractivity contribution >= 4 is 18.1 Å². The lowest BCUT2D eigenvalue weighted by atomic mass is 9.85. The topological polar surface area (TPSA) is 113 Å². The van der Waals surface area contributed by atoms with Gasteiger partial charge >= 0.3 is 5.97 Å². The second-order valence-electron chi connectivity index (χ2n) is 5.04. The molecule has 0 aliphatic carbocycles. The summed E-state index contributed by atoms with van der Waals surface area (Å²) < 4.78 is 0. The van der Waals surface area contributed by atoms with Crippen molar-refractivity contribution < 1.29 is 19.6 Å². The van der Waals surface area contributed by atoms with Crippen LogP contribution in [0.2, 0.25) is 0 Å². The van der Waals surface area contributed by atoms with E-state index in [0.717, 1.165) is 0 Å². The zero-order valence-electron chi connectivity index (χ0n) is 12.5. The van der Waals surface area contributed by atoms with Gasteiger partial charge in [-0.1, -0.05) is 12.1 Å². The number of carboxylic acid groups (broad SMARTS) is 1. The summed E-state index contributed by atoms with van der Waals surface area (Å²) in [4.78, 5) is 34.3. The summed E-state index contributed by atoms with van der Waals surface area (Å²) in [7, 11) is 1.68. The van der Waals surface area contributed by atoms with Crippen molar-refractivity contribution in [3.63, 3.8) is 0 Å². The summed E-state index contributed by atoms with van der Waals surface area (Å²) in [5.41, 5.74) is 1.63. The molecule has 8 heteroatoms. The van der Waals surface area contributed by atoms with Crippen LogP contribution in [0.5, 0.6) is 0 Å². The first-order valence-electron chi connectivity index (χ1n) is 6.70. The molecule has 120 valence electrons. The first kappa shape index (κ1) is 16.2. The number of amides is 1. The molecule has 2 N–H and O–H groups in total. The number of nitro groups is 1. The maximum atomic E-state index is 11.6. The Morgan fingerprint density at radius 2 is 2.00 bits per heavy atom. The fourth-order valence-corrected chi connectivity index (χ4v) is 2.50. The quantitative estimate of drug-likeness (QED) is 0.484. The highest BCUT2D eigenvalue weighted by Gasteiger charge is 2.32. The minimum Gasteiger partial charge on any atom is -0.478 e. The van der Waals surface area contributed by atoms with Gasteiger partial charge in [-0.05, 0) is 12.5 Å². The number of carboxylic acids is 1. The van der Waals surface area contributed by atoms with Gasteiger partial charge in [0.2, 0.25) is 6.41 Å². The Hall–Kier alpha value is -3.16. The normalized spacial score (nSPS) is 17.6. The van der Waals surface area contributed by atoms with E-state index in [2.05, 4.69) is 5.32 Å². The van der Waals surface area contributed by atoms with Crippen LogP contribution in [0.3, 0.4) is 0 Å². The molecular formula is C15H15N3O5. The minimum absolute atomic E-state index is 0.0660. The molecule has 1 heterocycles. The van der Waals surface area contributed by atoms with Crippen molar-refractivity contribution in [1.82, 2.24) is 10.2 Å². The smallest absolute Gasteiger partial charge is 0.334 e. The van der Waals surface area contributed by atoms with Crippen molar-refractivity contribution in [2.75, 3.05) is 7.05 Å². The average molecular weight is 317 g/mol. The number of carbonyl (C=O) groups is 2. The zero-order valence-corrected chi connectivity index (χ0v) is 12.5. The van der Waals surface area contributed by atoms with Gasteiger partial charge in [0.25, 0.3) is 5.69 Å². The van der Waals surface area contributed by atoms with Crippen LogP contribution in [0.4, 0.5) is 5.69 Å². The number of benzene rings is 1. The molecule has 2 rings (SSSR count). The first-order valence-corrected chi connectivity index (χ1v) is 6.70. The Labute approximate surface area is 131 Å². The van der Waals surface area contributed by atoms with Crippen LogP contribution in [0, 0.1) is 10.1 Å². The molecule has 1 atom stereocenters. The molecule has 0 saturated heterocycles. The molecule has 0 bridgehead atoms. The Morgan fingerprint density at radius 3 is 2.48 bits per heavy atom. The second kappa shape index (κ2) is 6.30. The maximum Gasteiger partial charge on any atom is 0.334 e. The highest BCUT2D eigenvalue weighted by molar-refractivity contribution is 5.90. The van der Waals surface area contributed by atoms with E-state index in [-0.39, 0.29) is 11.3 Å². The molecule has 1 aliphatic rings. The number of rotatable bonds is 5. The van der Waals surface area contributed by atoms with Gasteiger partial charge in [0.1, 0.15) is 0 Å². The molecule has 1 aliphatic heterocycles. The summed E-state index contributed by atoms with van der Waals surface area (Å²) in [5, 5.41) is 22.8. The fourth-order valence-electron chi connectivity index (χ4n) is 2.50. The van der Waals surface area contributed by atoms with Crippen LogP contribution in [0.1, 0.15) is 18.4 Å². The number of allylic oxidation sites excluding steroid dienone is 2. The number of hydrogen-bond acceptors (Lipinski definition) is 5. The standard InChI is InChI=1S/C15H15N3O5/c1-9-14(16-8-19)13(12(15(20)21)7-17(9)2)10-3-5-11(6-4-10)18(22)23/h3-8,13H,1-2H3,(H,16,19)(H,20,21). The van der Waals surface area contributed by atoms with Crippen LogP contribution in [0.15, 0.2) is 47.4 Å². The van der Waals surface area contributed by atoms with Crippen molar-refractivity contribution in [3.8, 4) is 0 Å². The van der Waals surface area contributed by atoms with Gasteiger partial charge in [0.15, 0.2) is 0 Å². The Balaban J connectivity index is 2.56. The first-order chi connectivity index (χ1) is 10.9. The third kappa shape index (κ3) is 3.05. The number of nitrogens with one attached hydrogen (secondary N) is 1. The number of non-ortho nitro benzene ring substituents is 1. The summed E-state index contributed by atoms with van der Waals surface area (Å²) in [6.07, 6.45) is 1.95. The lowest BCUT2D eigenvalue weighted by molar-refractivity contribution is -0.384. The molecule has 1 amide bonds. The van der Waals surface area contributed by atoms with Gasteiger partial charge in [-0.15, -0.1) is 0 Å². The number of nitrogens with zero attached hydrogens (tertiary/aromatic N) is 2. The van der Waals surface area contributed by atoms with Crippen molar-refractivity contribution in [1.29, 1.82) is 0 Å². The van der Waals surface area contributed by atoms with E-state index in [1.165, 1.54) is 30.5 Å². The number of carbonyl (C=O) groups excluding carboxylic acids is 1. The van der Waals surface area contributed by atoms with Crippen LogP contribution in [0.25, 0.3) is 0 Å². The molecule has 23 heavy (non-hydrogen) atoms. The highest BCUT2D eigenvalue weighted by Crippen LogP contribution is 2.37. The monoisotopic (exact) mass is 317 g/mol. The van der Waals surface area contributed by atoms with Crippen LogP contribution < -0.4 is 5.32 Å². The van der Waals surface area contributed by atoms with Crippen molar-refractivity contribution in [3.05, 3.63) is 63.1 Å². The third-order valence-corrected chi connectivity index (χ3v) is 3.75. The Bertz CT molecular complexity index is 721. The number of nitro benzene ring substituents is 1. The summed E-state index contributed by atoms with van der Waals surface area (Å²) in [6, 6.07) is 5.59. The molecular weight excluding hydrogens is 302 g/mol. The van der Waals surface area contributed by atoms with Gasteiger partial charge in [-0.25, -0.2) is 4.79 Å². The van der Waals surface area contributed by atoms with E-state index in [1.807, 2.05) is 0 Å². The lowest BCUT2D eigenvalue weighted by Gasteiger charge is -2.32. The lowest BCUT2D eigenvalue weighted by Crippen LogP contribution is -2.31. The van der Waals surface area contributed by atoms with Crippen LogP contribution in [-0.4, -0.2) is 34.4 Å². The highest BCUT2D eigenvalue weighted by atomic mass is 16.6. The zero-order chi connectivity index (χ0) is 17.1. The van der Waals surface area contributed by atoms with Crippen molar-refractivity contribution in [2.45, 2.75) is 12.8 Å². The molecule has 0 spiro atoms. The summed E-state index contributed by atoms with van der Waals surface area (Å²) >= 11 is 0. The van der Waals surface area contributed by atoms with E-state index in [4.69, 9.17) is 0 Å². The molecule has 8 nitrogen and oxygen atoms in total. The second-order valence-corrected chi connectivity index (χ2v) is 5.04. The van der Waals surface area contributed by atoms with Gasteiger partial charge in [0.05, 0.1) is 16.4 Å². The van der Waals surface area contributed by atoms with Crippen LogP contribution in [-0.2, 0) is 9.59 Å². The van der Waals surface area contributed by atoms with Crippen LogP contribution >= 0.6 is 0 Å². The van der Waals surface area contributed by atoms with Gasteiger partial charge in [-0.2, -0.15) is 0 Å². The van der Waals surface area contributed by atoms with E-state index in [0.29, 0.717) is 23.4 Å². The third-order valence-electron chi connectivity index (χ3n) is 3.75. The molecule has 1 aromatic rings. The SMILES string of the molecule is CC1=C(NC=O)C(c2ccc([N+](=O)[O-])cc2)C(C(=O)O)=CN1C. The molecule has 1 unspecified atom stereocenters. The summed E-state index contributed by atoms with van der Waals surface area (Å²) in [5.74, 6) is -1.84. The molecule has 1 aromatic carbocycles. The number of hydrogen-bond donors (Lipinski definition) is 2. The summed E-state index contributed by atoms with van der Waals surface area (Å²) in [6.45, 7) is 1.75. The molecule has 0 aromatic heterocycles. The fraction of sp³-hybridized carbons (Fsp3) is 0.200. The molecule has 0 saturated carbocycles. The predicted octanol–water partition coefficient (Wildman–Crippen LogP) is 1.57. The van der Waals surface area contributed by atoms with E-state index < -0.39 is 16.8 Å². The maximum absolute atomic E-state index is 11.6. The molecule has 0 radical (unpaired) electrons. The molecule has 0 fully saturated rings. The number of aliphatic carboxylic acids is 1. The van der Waals surface area contributed by atoms with Crippen molar-refractivity contribution in [2.24, 2.45) is 0 Å². The average Bonchev–Trinajstić information content (AvgIpc) is 2.51. The minimum atomic E-state index is -1.13. The largest absolute Gasteiger partial charge is 0.478 e. The van der Waals surface area contributed by atoms with Gasteiger partial charge < -0.3 is 15.3 Å². The van der Waals surface area contributed by atoms with Gasteiger partial charge in [0, 0.05) is 36.8 Å². The Morgan fingerprint density at radius 1 is 1.39 bits per heavy atom. The van der Waals surface area contributed by atoms with E-state index >= 15 is 0 Å². The van der Waals surface area contributed by atoms with E-state index in [9.17, 15) is 24.8 Å². The Kier molecular flexibility index (Phi) is 4.44.